The van der Waals surface area contributed by atoms with E-state index in [0.717, 1.165) is 0 Å². The van der Waals surface area contributed by atoms with E-state index in [0.29, 0.717) is 0 Å². The molecule has 1 aromatic rings. The molecule has 0 aliphatic heterocycles. The maximum absolute atomic E-state index is 4.00. The molecule has 1 aromatic carbocycles. The molecule has 1 rings (SSSR count). The van der Waals surface area contributed by atoms with Gasteiger partial charge in [-0.25, -0.2) is 0 Å². The van der Waals surface area contributed by atoms with E-state index in [1.165, 1.54) is 43.2 Å². The third-order valence-electron chi connectivity index (χ3n) is 2.56. The van der Waals surface area contributed by atoms with E-state index in [4.69, 9.17) is 0 Å². The molecule has 0 saturated heterocycles. The fourth-order valence-corrected chi connectivity index (χ4v) is 1.63. The lowest BCUT2D eigenvalue weighted by Gasteiger charge is -2.04. The molecular formula is C17H28. The second kappa shape index (κ2) is 14.8. The molecule has 0 aliphatic rings. The average Bonchev–Trinajstić information content (AvgIpc) is 2.41. The first-order valence-corrected chi connectivity index (χ1v) is 6.72. The first kappa shape index (κ1) is 18.2. The fraction of sp³-hybridized carbons (Fsp3) is 0.529. The van der Waals surface area contributed by atoms with Gasteiger partial charge in [0, 0.05) is 0 Å². The molecule has 0 N–H and O–H groups in total. The van der Waals surface area contributed by atoms with Crippen LogP contribution in [-0.4, -0.2) is 0 Å². The highest BCUT2D eigenvalue weighted by atomic mass is 14.0. The largest absolute Gasteiger partial charge is 0.124 e. The minimum absolute atomic E-state index is 1.26. The Morgan fingerprint density at radius 3 is 2.06 bits per heavy atom. The number of unbranched alkanes of at least 4 members (excludes halogenated alkanes) is 3. The van der Waals surface area contributed by atoms with Crippen molar-refractivity contribution in [2.24, 2.45) is 0 Å². The standard InChI is InChI=1S/C13H20.C2H6.C2H2/c1-3-4-5-6-10-13-11-8-7-9-12(13)2;2*1-2/h7-9,11H,3-6,10H2,1-2H3;1-2H3;1-2H. The number of rotatable bonds is 5. The van der Waals surface area contributed by atoms with Gasteiger partial charge in [0.15, 0.2) is 0 Å². The van der Waals surface area contributed by atoms with Gasteiger partial charge in [-0.3, -0.25) is 0 Å². The molecule has 96 valence electrons. The zero-order chi connectivity index (χ0) is 13.5. The molecule has 0 unspecified atom stereocenters. The topological polar surface area (TPSA) is 0 Å². The van der Waals surface area contributed by atoms with E-state index in [1.807, 2.05) is 13.8 Å². The molecule has 17 heavy (non-hydrogen) atoms. The summed E-state index contributed by atoms with van der Waals surface area (Å²) in [5.41, 5.74) is 2.97. The molecule has 0 saturated carbocycles. The highest BCUT2D eigenvalue weighted by Gasteiger charge is 1.95. The predicted octanol–water partition coefficient (Wildman–Crippen LogP) is 5.39. The molecule has 0 heteroatoms. The summed E-state index contributed by atoms with van der Waals surface area (Å²) in [4.78, 5) is 0. The van der Waals surface area contributed by atoms with E-state index in [2.05, 4.69) is 51.0 Å². The van der Waals surface area contributed by atoms with Crippen LogP contribution < -0.4 is 0 Å². The van der Waals surface area contributed by atoms with Crippen LogP contribution in [0.1, 0.15) is 57.6 Å². The molecule has 0 fully saturated rings. The van der Waals surface area contributed by atoms with Crippen molar-refractivity contribution in [2.45, 2.75) is 59.8 Å². The maximum atomic E-state index is 4.00. The van der Waals surface area contributed by atoms with Crippen molar-refractivity contribution in [1.29, 1.82) is 0 Å². The summed E-state index contributed by atoms with van der Waals surface area (Å²) in [5, 5.41) is 0. The number of aryl methyl sites for hydroxylation is 2. The Kier molecular flexibility index (Phi) is 15.8. The van der Waals surface area contributed by atoms with Crippen molar-refractivity contribution in [2.75, 3.05) is 0 Å². The summed E-state index contributed by atoms with van der Waals surface area (Å²) in [6, 6.07) is 8.71. The lowest BCUT2D eigenvalue weighted by atomic mass is 10.0. The van der Waals surface area contributed by atoms with Crippen molar-refractivity contribution in [3.8, 4) is 12.8 Å². The average molecular weight is 232 g/mol. The normalized spacial score (nSPS) is 8.35. The number of hydrogen-bond donors (Lipinski definition) is 0. The monoisotopic (exact) mass is 232 g/mol. The van der Waals surface area contributed by atoms with E-state index in [9.17, 15) is 0 Å². The summed E-state index contributed by atoms with van der Waals surface area (Å²) in [6.45, 7) is 8.46. The lowest BCUT2D eigenvalue weighted by molar-refractivity contribution is 0.665. The van der Waals surface area contributed by atoms with Crippen LogP contribution in [0.3, 0.4) is 0 Å². The Balaban J connectivity index is 0. The van der Waals surface area contributed by atoms with E-state index in [1.54, 1.807) is 0 Å². The van der Waals surface area contributed by atoms with Crippen LogP contribution in [0.25, 0.3) is 0 Å². The maximum Gasteiger partial charge on any atom is -0.0276 e. The van der Waals surface area contributed by atoms with Crippen molar-refractivity contribution in [3.63, 3.8) is 0 Å². The van der Waals surface area contributed by atoms with Crippen molar-refractivity contribution < 1.29 is 0 Å². The van der Waals surface area contributed by atoms with Crippen molar-refractivity contribution in [3.05, 3.63) is 35.4 Å². The zero-order valence-corrected chi connectivity index (χ0v) is 12.0. The van der Waals surface area contributed by atoms with E-state index in [-0.39, 0.29) is 0 Å². The summed E-state index contributed by atoms with van der Waals surface area (Å²) in [5.74, 6) is 0. The Hall–Kier alpha value is -1.22. The number of hydrogen-bond acceptors (Lipinski definition) is 0. The number of benzene rings is 1. The first-order valence-electron chi connectivity index (χ1n) is 6.72. The van der Waals surface area contributed by atoms with Gasteiger partial charge in [-0.2, -0.15) is 0 Å². The first-order chi connectivity index (χ1) is 8.34. The van der Waals surface area contributed by atoms with Crippen molar-refractivity contribution in [1.82, 2.24) is 0 Å². The Bertz CT molecular complexity index is 270. The molecular weight excluding hydrogens is 204 g/mol. The van der Waals surface area contributed by atoms with Crippen LogP contribution in [0.5, 0.6) is 0 Å². The highest BCUT2D eigenvalue weighted by Crippen LogP contribution is 2.11. The molecule has 0 heterocycles. The van der Waals surface area contributed by atoms with Gasteiger partial charge in [0.1, 0.15) is 0 Å². The van der Waals surface area contributed by atoms with Gasteiger partial charge < -0.3 is 0 Å². The predicted molar refractivity (Wildman–Crippen MR) is 80.3 cm³/mol. The molecule has 0 spiro atoms. The van der Waals surface area contributed by atoms with Gasteiger partial charge in [0.2, 0.25) is 0 Å². The third-order valence-corrected chi connectivity index (χ3v) is 2.56. The lowest BCUT2D eigenvalue weighted by Crippen LogP contribution is -1.89. The SMILES string of the molecule is C#C.CC.CCCCCCc1ccccc1C. The van der Waals surface area contributed by atoms with Gasteiger partial charge >= 0.3 is 0 Å². The molecule has 0 aliphatic carbocycles. The van der Waals surface area contributed by atoms with Crippen LogP contribution in [0.4, 0.5) is 0 Å². The van der Waals surface area contributed by atoms with Crippen LogP contribution in [0.15, 0.2) is 24.3 Å². The van der Waals surface area contributed by atoms with Crippen LogP contribution in [-0.2, 0) is 6.42 Å². The Morgan fingerprint density at radius 1 is 0.941 bits per heavy atom. The van der Waals surface area contributed by atoms with Crippen LogP contribution >= 0.6 is 0 Å². The van der Waals surface area contributed by atoms with Gasteiger partial charge in [0.05, 0.1) is 0 Å². The summed E-state index contributed by atoms with van der Waals surface area (Å²) >= 11 is 0. The molecule has 0 radical (unpaired) electrons. The summed E-state index contributed by atoms with van der Waals surface area (Å²) < 4.78 is 0. The molecule has 0 atom stereocenters. The number of terminal acetylenes is 1. The fourth-order valence-electron chi connectivity index (χ4n) is 1.63. The second-order valence-electron chi connectivity index (χ2n) is 3.74. The summed E-state index contributed by atoms with van der Waals surface area (Å²) in [6.07, 6.45) is 14.7. The second-order valence-corrected chi connectivity index (χ2v) is 3.74. The van der Waals surface area contributed by atoms with Gasteiger partial charge in [-0.05, 0) is 30.9 Å². The summed E-state index contributed by atoms with van der Waals surface area (Å²) in [7, 11) is 0. The molecule has 0 aromatic heterocycles. The minimum atomic E-state index is 1.26. The van der Waals surface area contributed by atoms with Crippen molar-refractivity contribution >= 4 is 0 Å². The minimum Gasteiger partial charge on any atom is -0.124 e. The van der Waals surface area contributed by atoms with Crippen LogP contribution in [0.2, 0.25) is 0 Å². The Morgan fingerprint density at radius 2 is 1.53 bits per heavy atom. The zero-order valence-electron chi connectivity index (χ0n) is 12.0. The van der Waals surface area contributed by atoms with E-state index >= 15 is 0 Å². The van der Waals surface area contributed by atoms with Gasteiger partial charge in [0.25, 0.3) is 0 Å². The third kappa shape index (κ3) is 9.69. The smallest absolute Gasteiger partial charge is 0.0276 e. The quantitative estimate of drug-likeness (QED) is 0.471. The molecule has 0 amide bonds. The molecule has 0 nitrogen and oxygen atoms in total. The van der Waals surface area contributed by atoms with E-state index < -0.39 is 0 Å². The highest BCUT2D eigenvalue weighted by molar-refractivity contribution is 5.25. The Labute approximate surface area is 108 Å². The van der Waals surface area contributed by atoms with Crippen LogP contribution in [0, 0.1) is 19.8 Å². The van der Waals surface area contributed by atoms with Gasteiger partial charge in [-0.1, -0.05) is 64.3 Å². The molecule has 0 bridgehead atoms. The van der Waals surface area contributed by atoms with Gasteiger partial charge in [-0.15, -0.1) is 12.8 Å².